The van der Waals surface area contributed by atoms with Crippen LogP contribution < -0.4 is 16.0 Å². The molecule has 1 atom stereocenters. The van der Waals surface area contributed by atoms with E-state index in [0.717, 1.165) is 35.1 Å². The van der Waals surface area contributed by atoms with Crippen LogP contribution >= 0.6 is 11.6 Å². The summed E-state index contributed by atoms with van der Waals surface area (Å²) >= 11 is 6.08. The molecule has 6 heteroatoms. The number of hydrogen-bond donors (Lipinski definition) is 3. The van der Waals surface area contributed by atoms with Gasteiger partial charge in [-0.25, -0.2) is 0 Å². The Bertz CT molecular complexity index is 1350. The summed E-state index contributed by atoms with van der Waals surface area (Å²) in [4.78, 5) is 26.7. The van der Waals surface area contributed by atoms with Crippen molar-refractivity contribution < 1.29 is 9.59 Å². The molecular weight excluding hydrogens is 506 g/mol. The Morgan fingerprint density at radius 2 is 1.44 bits per heavy atom. The monoisotopic (exact) mass is 539 g/mol. The average Bonchev–Trinajstić information content (AvgIpc) is 2.97. The van der Waals surface area contributed by atoms with Crippen LogP contribution in [0.25, 0.3) is 11.1 Å². The highest BCUT2D eigenvalue weighted by atomic mass is 35.5. The molecule has 4 aromatic carbocycles. The van der Waals surface area contributed by atoms with Gasteiger partial charge in [0.2, 0.25) is 5.91 Å². The van der Waals surface area contributed by atoms with E-state index in [2.05, 4.69) is 16.0 Å². The van der Waals surface area contributed by atoms with Crippen molar-refractivity contribution in [2.24, 2.45) is 0 Å². The Hall–Kier alpha value is -3.93. The first-order valence-corrected chi connectivity index (χ1v) is 13.7. The molecule has 0 heterocycles. The van der Waals surface area contributed by atoms with Gasteiger partial charge in [-0.3, -0.25) is 9.59 Å². The van der Waals surface area contributed by atoms with Gasteiger partial charge in [0.25, 0.3) is 5.91 Å². The fourth-order valence-electron chi connectivity index (χ4n) is 4.46. The number of hydrogen-bond acceptors (Lipinski definition) is 3. The molecule has 3 N–H and O–H groups in total. The zero-order chi connectivity index (χ0) is 27.3. The molecule has 4 rings (SSSR count). The van der Waals surface area contributed by atoms with Gasteiger partial charge in [0.05, 0.1) is 0 Å². The molecule has 0 fully saturated rings. The summed E-state index contributed by atoms with van der Waals surface area (Å²) in [6.07, 6.45) is 1.96. The second kappa shape index (κ2) is 14.9. The van der Waals surface area contributed by atoms with Crippen molar-refractivity contribution in [1.82, 2.24) is 16.0 Å². The summed E-state index contributed by atoms with van der Waals surface area (Å²) in [6, 6.07) is 34.4. The molecule has 5 nitrogen and oxygen atoms in total. The van der Waals surface area contributed by atoms with Gasteiger partial charge < -0.3 is 16.0 Å². The Balaban J connectivity index is 1.38. The average molecular weight is 540 g/mol. The molecule has 200 valence electrons. The predicted molar refractivity (Wildman–Crippen MR) is 159 cm³/mol. The van der Waals surface area contributed by atoms with Crippen LogP contribution in [0.5, 0.6) is 0 Å². The standard InChI is InChI=1S/C33H34ClN3O2/c34-28-16-9-13-26(23-28)24-35-21-10-19-31(33(39)36-22-20-25-11-3-1-4-12-25)37-32(38)30-18-8-7-17-29(30)27-14-5-2-6-15-27/h1-9,11-18,23,31,35H,10,19-22,24H2,(H,36,39)(H,37,38)/t31-/m0/s1. The highest BCUT2D eigenvalue weighted by molar-refractivity contribution is 6.30. The molecule has 2 amide bonds. The van der Waals surface area contributed by atoms with E-state index in [1.807, 2.05) is 103 Å². The van der Waals surface area contributed by atoms with Crippen LogP contribution in [0.2, 0.25) is 5.02 Å². The molecule has 39 heavy (non-hydrogen) atoms. The number of benzene rings is 4. The molecule has 0 spiro atoms. The third kappa shape index (κ3) is 8.81. The molecule has 0 unspecified atom stereocenters. The van der Waals surface area contributed by atoms with E-state index in [1.165, 1.54) is 0 Å². The van der Waals surface area contributed by atoms with Gasteiger partial charge in [0, 0.05) is 23.7 Å². The third-order valence-electron chi connectivity index (χ3n) is 6.50. The van der Waals surface area contributed by atoms with Gasteiger partial charge in [0.15, 0.2) is 0 Å². The Morgan fingerprint density at radius 3 is 2.21 bits per heavy atom. The maximum Gasteiger partial charge on any atom is 0.252 e. The summed E-state index contributed by atoms with van der Waals surface area (Å²) < 4.78 is 0. The maximum atomic E-state index is 13.4. The van der Waals surface area contributed by atoms with Crippen molar-refractivity contribution in [3.05, 3.63) is 131 Å². The minimum Gasteiger partial charge on any atom is -0.354 e. The third-order valence-corrected chi connectivity index (χ3v) is 6.73. The van der Waals surface area contributed by atoms with Gasteiger partial charge in [-0.2, -0.15) is 0 Å². The van der Waals surface area contributed by atoms with Gasteiger partial charge in [-0.15, -0.1) is 0 Å². The summed E-state index contributed by atoms with van der Waals surface area (Å²) in [5.74, 6) is -0.434. The molecule has 0 aliphatic heterocycles. The number of carbonyl (C=O) groups is 2. The smallest absolute Gasteiger partial charge is 0.252 e. The van der Waals surface area contributed by atoms with Crippen molar-refractivity contribution in [3.8, 4) is 11.1 Å². The van der Waals surface area contributed by atoms with E-state index >= 15 is 0 Å². The van der Waals surface area contributed by atoms with E-state index in [0.29, 0.717) is 36.6 Å². The number of nitrogens with one attached hydrogen (secondary N) is 3. The first kappa shape index (κ1) is 28.1. The largest absolute Gasteiger partial charge is 0.354 e. The fourth-order valence-corrected chi connectivity index (χ4v) is 4.68. The minimum absolute atomic E-state index is 0.175. The highest BCUT2D eigenvalue weighted by Gasteiger charge is 2.22. The molecule has 0 bridgehead atoms. The van der Waals surface area contributed by atoms with Crippen LogP contribution in [0.15, 0.2) is 109 Å². The van der Waals surface area contributed by atoms with Crippen LogP contribution in [0, 0.1) is 0 Å². The van der Waals surface area contributed by atoms with Crippen LogP contribution in [0.3, 0.4) is 0 Å². The zero-order valence-corrected chi connectivity index (χ0v) is 22.7. The number of rotatable bonds is 13. The lowest BCUT2D eigenvalue weighted by atomic mass is 9.98. The van der Waals surface area contributed by atoms with Crippen LogP contribution in [0.1, 0.15) is 34.3 Å². The summed E-state index contributed by atoms with van der Waals surface area (Å²) in [5, 5.41) is 10.1. The predicted octanol–water partition coefficient (Wildman–Crippen LogP) is 6.03. The molecule has 4 aromatic rings. The van der Waals surface area contributed by atoms with Crippen molar-refractivity contribution in [3.63, 3.8) is 0 Å². The summed E-state index contributed by atoms with van der Waals surface area (Å²) in [5.41, 5.74) is 4.59. The second-order valence-corrected chi connectivity index (χ2v) is 9.85. The van der Waals surface area contributed by atoms with Gasteiger partial charge in [-0.1, -0.05) is 103 Å². The normalized spacial score (nSPS) is 11.5. The molecular formula is C33H34ClN3O2. The number of amides is 2. The molecule has 0 radical (unpaired) electrons. The van der Waals surface area contributed by atoms with E-state index < -0.39 is 6.04 Å². The van der Waals surface area contributed by atoms with Crippen LogP contribution in [-0.2, 0) is 17.8 Å². The lowest BCUT2D eigenvalue weighted by Crippen LogP contribution is -2.47. The first-order chi connectivity index (χ1) is 19.1. The molecule has 0 aromatic heterocycles. The van der Waals surface area contributed by atoms with Crippen molar-refractivity contribution in [1.29, 1.82) is 0 Å². The molecule has 0 saturated carbocycles. The second-order valence-electron chi connectivity index (χ2n) is 9.41. The number of halogens is 1. The van der Waals surface area contributed by atoms with Crippen molar-refractivity contribution in [2.45, 2.75) is 31.8 Å². The van der Waals surface area contributed by atoms with Crippen molar-refractivity contribution in [2.75, 3.05) is 13.1 Å². The Kier molecular flexibility index (Phi) is 10.7. The molecule has 0 saturated heterocycles. The van der Waals surface area contributed by atoms with Gasteiger partial charge in [0.1, 0.15) is 6.04 Å². The highest BCUT2D eigenvalue weighted by Crippen LogP contribution is 2.23. The topological polar surface area (TPSA) is 70.2 Å². The lowest BCUT2D eigenvalue weighted by molar-refractivity contribution is -0.123. The Labute approximate surface area is 235 Å². The zero-order valence-electron chi connectivity index (χ0n) is 21.9. The Morgan fingerprint density at radius 1 is 0.744 bits per heavy atom. The van der Waals surface area contributed by atoms with Gasteiger partial charge >= 0.3 is 0 Å². The lowest BCUT2D eigenvalue weighted by Gasteiger charge is -2.20. The maximum absolute atomic E-state index is 13.4. The summed E-state index contributed by atoms with van der Waals surface area (Å²) in [7, 11) is 0. The molecule has 0 aliphatic carbocycles. The first-order valence-electron chi connectivity index (χ1n) is 13.3. The van der Waals surface area contributed by atoms with Crippen LogP contribution in [0.4, 0.5) is 0 Å². The molecule has 0 aliphatic rings. The SMILES string of the molecule is O=C(N[C@@H](CCCNCc1cccc(Cl)c1)C(=O)NCCc1ccccc1)c1ccccc1-c1ccccc1. The number of carbonyl (C=O) groups excluding carboxylic acids is 2. The minimum atomic E-state index is -0.648. The van der Waals surface area contributed by atoms with E-state index in [1.54, 1.807) is 6.07 Å². The quantitative estimate of drug-likeness (QED) is 0.182. The van der Waals surface area contributed by atoms with Gasteiger partial charge in [-0.05, 0) is 66.3 Å². The fraction of sp³-hybridized carbons (Fsp3) is 0.212. The summed E-state index contributed by atoms with van der Waals surface area (Å²) in [6.45, 7) is 1.89. The van der Waals surface area contributed by atoms with E-state index in [4.69, 9.17) is 11.6 Å². The van der Waals surface area contributed by atoms with E-state index in [-0.39, 0.29) is 11.8 Å². The van der Waals surface area contributed by atoms with Crippen molar-refractivity contribution >= 4 is 23.4 Å². The van der Waals surface area contributed by atoms with E-state index in [9.17, 15) is 9.59 Å². The van der Waals surface area contributed by atoms with Crippen LogP contribution in [-0.4, -0.2) is 30.9 Å².